The van der Waals surface area contributed by atoms with E-state index in [1.165, 1.54) is 28.8 Å². The maximum Gasteiger partial charge on any atom is 0.0119 e. The molecule has 0 aliphatic rings. The highest BCUT2D eigenvalue weighted by atomic mass is 14.8. The lowest BCUT2D eigenvalue weighted by molar-refractivity contribution is 0.872. The molecule has 0 unspecified atom stereocenters. The molecule has 0 aliphatic carbocycles. The second-order valence-electron chi connectivity index (χ2n) is 5.01. The molecular weight excluding hydrogens is 242 g/mol. The van der Waals surface area contributed by atoms with E-state index in [2.05, 4.69) is 72.9 Å². The molecule has 1 heteroatoms. The fourth-order valence-corrected chi connectivity index (χ4v) is 2.25. The van der Waals surface area contributed by atoms with Gasteiger partial charge in [0.05, 0.1) is 0 Å². The topological polar surface area (TPSA) is 12.0 Å². The summed E-state index contributed by atoms with van der Waals surface area (Å²) in [4.78, 5) is 0. The molecule has 0 aromatic heterocycles. The molecule has 2 aromatic rings. The average Bonchev–Trinajstić information content (AvgIpc) is 2.53. The molecule has 0 atom stereocenters. The van der Waals surface area contributed by atoms with Crippen molar-refractivity contribution in [1.82, 2.24) is 5.32 Å². The van der Waals surface area contributed by atoms with Crippen molar-refractivity contribution in [3.8, 4) is 11.1 Å². The highest BCUT2D eigenvalue weighted by molar-refractivity contribution is 5.63. The Kier molecular flexibility index (Phi) is 5.43. The van der Waals surface area contributed by atoms with Gasteiger partial charge in [0.2, 0.25) is 0 Å². The fraction of sp³-hybridized carbons (Fsp3) is 0.263. The Morgan fingerprint density at radius 2 is 1.60 bits per heavy atom. The minimum absolute atomic E-state index is 0.978. The van der Waals surface area contributed by atoms with Crippen LogP contribution in [0.15, 0.2) is 66.4 Å². The zero-order valence-corrected chi connectivity index (χ0v) is 12.4. The van der Waals surface area contributed by atoms with Crippen LogP contribution in [0.4, 0.5) is 0 Å². The largest absolute Gasteiger partial charge is 0.391 e. The second-order valence-corrected chi connectivity index (χ2v) is 5.01. The summed E-state index contributed by atoms with van der Waals surface area (Å²) in [5, 5.41) is 3.29. The molecule has 0 bridgehead atoms. The van der Waals surface area contributed by atoms with Gasteiger partial charge in [-0.1, -0.05) is 74.0 Å². The van der Waals surface area contributed by atoms with Crippen LogP contribution in [0.2, 0.25) is 0 Å². The highest BCUT2D eigenvalue weighted by Gasteiger charge is 2.00. The van der Waals surface area contributed by atoms with Crippen LogP contribution in [0.3, 0.4) is 0 Å². The van der Waals surface area contributed by atoms with Crippen LogP contribution < -0.4 is 5.32 Å². The number of nitrogens with one attached hydrogen (secondary N) is 1. The first kappa shape index (κ1) is 14.4. The number of unbranched alkanes of at least 4 members (excludes halogenated alkanes) is 1. The Morgan fingerprint density at radius 1 is 0.950 bits per heavy atom. The molecule has 0 radical (unpaired) electrons. The molecule has 0 amide bonds. The molecule has 1 nitrogen and oxygen atoms in total. The van der Waals surface area contributed by atoms with Crippen molar-refractivity contribution in [2.24, 2.45) is 0 Å². The van der Waals surface area contributed by atoms with Crippen molar-refractivity contribution in [3.05, 3.63) is 71.9 Å². The van der Waals surface area contributed by atoms with Crippen LogP contribution in [0.1, 0.15) is 25.3 Å². The van der Waals surface area contributed by atoms with Crippen molar-refractivity contribution >= 4 is 0 Å². The van der Waals surface area contributed by atoms with E-state index in [1.54, 1.807) is 0 Å². The molecule has 0 saturated heterocycles. The van der Waals surface area contributed by atoms with Crippen molar-refractivity contribution in [2.45, 2.75) is 26.2 Å². The summed E-state index contributed by atoms with van der Waals surface area (Å²) in [5.74, 6) is 0. The maximum absolute atomic E-state index is 3.29. The number of rotatable bonds is 6. The average molecular weight is 265 g/mol. The van der Waals surface area contributed by atoms with Gasteiger partial charge in [-0.25, -0.2) is 0 Å². The first-order valence-corrected chi connectivity index (χ1v) is 7.34. The predicted molar refractivity (Wildman–Crippen MR) is 87.6 cm³/mol. The number of likely N-dealkylation sites (N-methyl/N-ethyl adjacent to an activating group) is 1. The van der Waals surface area contributed by atoms with Gasteiger partial charge < -0.3 is 5.32 Å². The Morgan fingerprint density at radius 3 is 2.20 bits per heavy atom. The fourth-order valence-electron chi connectivity index (χ4n) is 2.25. The Hall–Kier alpha value is -2.02. The van der Waals surface area contributed by atoms with Gasteiger partial charge in [-0.2, -0.15) is 0 Å². The van der Waals surface area contributed by atoms with Crippen molar-refractivity contribution in [2.75, 3.05) is 7.05 Å². The van der Waals surface area contributed by atoms with Crippen LogP contribution in [-0.2, 0) is 6.42 Å². The molecule has 0 spiro atoms. The van der Waals surface area contributed by atoms with E-state index in [0.717, 1.165) is 12.8 Å². The third kappa shape index (κ3) is 3.99. The van der Waals surface area contributed by atoms with E-state index in [4.69, 9.17) is 0 Å². The van der Waals surface area contributed by atoms with Crippen LogP contribution >= 0.6 is 0 Å². The Labute approximate surface area is 122 Å². The number of allylic oxidation sites excluding steroid dienone is 2. The first-order chi connectivity index (χ1) is 9.83. The third-order valence-electron chi connectivity index (χ3n) is 3.46. The van der Waals surface area contributed by atoms with Crippen molar-refractivity contribution in [1.29, 1.82) is 0 Å². The van der Waals surface area contributed by atoms with E-state index in [1.807, 2.05) is 7.05 Å². The van der Waals surface area contributed by atoms with E-state index in [-0.39, 0.29) is 0 Å². The molecule has 0 fully saturated rings. The summed E-state index contributed by atoms with van der Waals surface area (Å²) in [5.41, 5.74) is 5.20. The summed E-state index contributed by atoms with van der Waals surface area (Å²) in [6.45, 7) is 2.21. The standard InChI is InChI=1S/C19H23N/c1-3-4-10-19(20-2)15-16-11-13-18(14-12-16)17-8-6-5-7-9-17/h5-14,20H,3-4,15H2,1-2H3/b19-10-. The molecule has 2 aromatic carbocycles. The van der Waals surface area contributed by atoms with Gasteiger partial charge >= 0.3 is 0 Å². The summed E-state index contributed by atoms with van der Waals surface area (Å²) < 4.78 is 0. The van der Waals surface area contributed by atoms with Gasteiger partial charge in [-0.15, -0.1) is 0 Å². The molecule has 0 saturated carbocycles. The Bertz CT molecular complexity index is 538. The first-order valence-electron chi connectivity index (χ1n) is 7.34. The van der Waals surface area contributed by atoms with Crippen molar-refractivity contribution in [3.63, 3.8) is 0 Å². The summed E-state index contributed by atoms with van der Waals surface area (Å²) in [7, 11) is 2.00. The lowest BCUT2D eigenvalue weighted by Crippen LogP contribution is -2.08. The lowest BCUT2D eigenvalue weighted by Gasteiger charge is -2.08. The molecular formula is C19H23N. The molecule has 1 N–H and O–H groups in total. The van der Waals surface area contributed by atoms with E-state index in [9.17, 15) is 0 Å². The summed E-state index contributed by atoms with van der Waals surface area (Å²) in [6, 6.07) is 19.4. The van der Waals surface area contributed by atoms with Crippen LogP contribution in [0, 0.1) is 0 Å². The number of hydrogen-bond donors (Lipinski definition) is 1. The third-order valence-corrected chi connectivity index (χ3v) is 3.46. The molecule has 20 heavy (non-hydrogen) atoms. The summed E-state index contributed by atoms with van der Waals surface area (Å²) in [6.07, 6.45) is 5.60. The van der Waals surface area contributed by atoms with Gasteiger partial charge in [-0.05, 0) is 23.1 Å². The van der Waals surface area contributed by atoms with Crippen LogP contribution in [0.25, 0.3) is 11.1 Å². The van der Waals surface area contributed by atoms with E-state index in [0.29, 0.717) is 0 Å². The van der Waals surface area contributed by atoms with Gasteiger partial charge in [0.1, 0.15) is 0 Å². The molecule has 104 valence electrons. The van der Waals surface area contributed by atoms with Gasteiger partial charge in [0.25, 0.3) is 0 Å². The number of hydrogen-bond acceptors (Lipinski definition) is 1. The lowest BCUT2D eigenvalue weighted by atomic mass is 10.0. The minimum Gasteiger partial charge on any atom is -0.391 e. The monoisotopic (exact) mass is 265 g/mol. The molecule has 2 rings (SSSR count). The normalized spacial score (nSPS) is 11.4. The Balaban J connectivity index is 2.08. The molecule has 0 heterocycles. The quantitative estimate of drug-likeness (QED) is 0.791. The van der Waals surface area contributed by atoms with Gasteiger partial charge in [0, 0.05) is 19.2 Å². The predicted octanol–water partition coefficient (Wildman–Crippen LogP) is 4.80. The van der Waals surface area contributed by atoms with Gasteiger partial charge in [0.15, 0.2) is 0 Å². The maximum atomic E-state index is 3.29. The summed E-state index contributed by atoms with van der Waals surface area (Å²) >= 11 is 0. The zero-order valence-electron chi connectivity index (χ0n) is 12.4. The smallest absolute Gasteiger partial charge is 0.0119 e. The highest BCUT2D eigenvalue weighted by Crippen LogP contribution is 2.20. The van der Waals surface area contributed by atoms with Crippen LogP contribution in [0.5, 0.6) is 0 Å². The molecule has 0 aliphatic heterocycles. The number of benzene rings is 2. The second kappa shape index (κ2) is 7.54. The van der Waals surface area contributed by atoms with E-state index < -0.39 is 0 Å². The SMILES string of the molecule is CCC/C=C(/Cc1ccc(-c2ccccc2)cc1)NC. The zero-order chi connectivity index (χ0) is 14.2. The minimum atomic E-state index is 0.978. The van der Waals surface area contributed by atoms with Crippen LogP contribution in [-0.4, -0.2) is 7.05 Å². The van der Waals surface area contributed by atoms with Gasteiger partial charge in [-0.3, -0.25) is 0 Å². The van der Waals surface area contributed by atoms with Crippen molar-refractivity contribution < 1.29 is 0 Å². The van der Waals surface area contributed by atoms with E-state index >= 15 is 0 Å².